The molecule has 1 aromatic heterocycles. The molecule has 1 aliphatic heterocycles. The minimum Gasteiger partial charge on any atom is -0.481 e. The Balaban J connectivity index is 2.05. The molecule has 4 heteroatoms. The Kier molecular flexibility index (Phi) is 3.66. The second-order valence-corrected chi connectivity index (χ2v) is 5.52. The molecule has 18 heavy (non-hydrogen) atoms. The fraction of sp³-hybridized carbons (Fsp3) is 0.571. The van der Waals surface area contributed by atoms with Gasteiger partial charge in [-0.25, -0.2) is 0 Å². The van der Waals surface area contributed by atoms with E-state index in [-0.39, 0.29) is 17.9 Å². The summed E-state index contributed by atoms with van der Waals surface area (Å²) in [6.45, 7) is 6.09. The third kappa shape index (κ3) is 2.70. The van der Waals surface area contributed by atoms with Crippen molar-refractivity contribution in [3.05, 3.63) is 30.1 Å². The average molecular weight is 248 g/mol. The largest absolute Gasteiger partial charge is 0.481 e. The third-order valence-electron chi connectivity index (χ3n) is 4.08. The number of aromatic nitrogens is 1. The van der Waals surface area contributed by atoms with Gasteiger partial charge in [0.25, 0.3) is 0 Å². The maximum atomic E-state index is 10.9. The van der Waals surface area contributed by atoms with Crippen LogP contribution in [0.4, 0.5) is 0 Å². The Morgan fingerprint density at radius 1 is 1.61 bits per heavy atom. The lowest BCUT2D eigenvalue weighted by molar-refractivity contribution is -0.138. The van der Waals surface area contributed by atoms with E-state index in [4.69, 9.17) is 5.11 Å². The lowest BCUT2D eigenvalue weighted by Crippen LogP contribution is -2.42. The van der Waals surface area contributed by atoms with Crippen LogP contribution >= 0.6 is 0 Å². The van der Waals surface area contributed by atoms with Crippen molar-refractivity contribution in [1.29, 1.82) is 0 Å². The van der Waals surface area contributed by atoms with Crippen molar-refractivity contribution < 1.29 is 9.90 Å². The molecule has 1 unspecified atom stereocenters. The quantitative estimate of drug-likeness (QED) is 0.887. The van der Waals surface area contributed by atoms with Crippen LogP contribution in [-0.4, -0.2) is 33.0 Å². The second kappa shape index (κ2) is 5.06. The van der Waals surface area contributed by atoms with Crippen LogP contribution in [0.1, 0.15) is 32.3 Å². The first-order valence-electron chi connectivity index (χ1n) is 6.36. The smallest absolute Gasteiger partial charge is 0.303 e. The molecule has 1 aromatic rings. The number of carboxylic acids is 1. The van der Waals surface area contributed by atoms with Crippen LogP contribution in [0, 0.1) is 5.92 Å². The van der Waals surface area contributed by atoms with E-state index in [0.29, 0.717) is 0 Å². The van der Waals surface area contributed by atoms with Crippen LogP contribution in [0.5, 0.6) is 0 Å². The van der Waals surface area contributed by atoms with Gasteiger partial charge in [-0.05, 0) is 44.4 Å². The summed E-state index contributed by atoms with van der Waals surface area (Å²) < 4.78 is 0. The summed E-state index contributed by atoms with van der Waals surface area (Å²) in [4.78, 5) is 17.4. The van der Waals surface area contributed by atoms with Gasteiger partial charge in [-0.2, -0.15) is 0 Å². The van der Waals surface area contributed by atoms with E-state index in [0.717, 1.165) is 19.5 Å². The molecular weight excluding hydrogens is 228 g/mol. The molecule has 0 aliphatic carbocycles. The molecule has 0 radical (unpaired) electrons. The normalized spacial score (nSPS) is 23.1. The second-order valence-electron chi connectivity index (χ2n) is 5.52. The highest BCUT2D eigenvalue weighted by Gasteiger charge is 2.41. The average Bonchev–Trinajstić information content (AvgIpc) is 2.57. The predicted octanol–water partition coefficient (Wildman–Crippen LogP) is 2.16. The number of hydrogen-bond donors (Lipinski definition) is 1. The van der Waals surface area contributed by atoms with Crippen LogP contribution in [0.2, 0.25) is 0 Å². The molecule has 2 rings (SSSR count). The Morgan fingerprint density at radius 3 is 3.00 bits per heavy atom. The van der Waals surface area contributed by atoms with Gasteiger partial charge < -0.3 is 5.11 Å². The summed E-state index contributed by atoms with van der Waals surface area (Å²) in [7, 11) is 0. The number of pyridine rings is 1. The van der Waals surface area contributed by atoms with Gasteiger partial charge in [0.2, 0.25) is 0 Å². The van der Waals surface area contributed by atoms with E-state index in [1.54, 1.807) is 6.20 Å². The van der Waals surface area contributed by atoms with Crippen molar-refractivity contribution in [3.63, 3.8) is 0 Å². The Labute approximate surface area is 108 Å². The van der Waals surface area contributed by atoms with Crippen LogP contribution in [0.25, 0.3) is 0 Å². The third-order valence-corrected chi connectivity index (χ3v) is 4.08. The number of carboxylic acid groups (broad SMARTS) is 1. The molecule has 0 bridgehead atoms. The van der Waals surface area contributed by atoms with Gasteiger partial charge in [-0.15, -0.1) is 0 Å². The monoisotopic (exact) mass is 248 g/mol. The molecule has 2 heterocycles. The van der Waals surface area contributed by atoms with Gasteiger partial charge in [0.15, 0.2) is 0 Å². The van der Waals surface area contributed by atoms with Crippen molar-refractivity contribution in [3.8, 4) is 0 Å². The molecule has 0 aromatic carbocycles. The maximum absolute atomic E-state index is 10.9. The van der Waals surface area contributed by atoms with Crippen molar-refractivity contribution >= 4 is 5.97 Å². The molecule has 0 saturated carbocycles. The standard InChI is InChI=1S/C14H20N2O2/c1-14(2)12(8-13(17)18)5-7-16(14)10-11-4-3-6-15-9-11/h3-4,6,9,12H,5,7-8,10H2,1-2H3,(H,17,18). The summed E-state index contributed by atoms with van der Waals surface area (Å²) in [6.07, 6.45) is 4.86. The zero-order valence-corrected chi connectivity index (χ0v) is 11.0. The summed E-state index contributed by atoms with van der Waals surface area (Å²) in [5, 5.41) is 8.95. The summed E-state index contributed by atoms with van der Waals surface area (Å²) in [5.41, 5.74) is 1.12. The zero-order valence-electron chi connectivity index (χ0n) is 11.0. The van der Waals surface area contributed by atoms with E-state index in [9.17, 15) is 4.79 Å². The number of aliphatic carboxylic acids is 1. The van der Waals surface area contributed by atoms with E-state index in [1.165, 1.54) is 5.56 Å². The lowest BCUT2D eigenvalue weighted by atomic mass is 9.86. The number of hydrogen-bond acceptors (Lipinski definition) is 3. The molecule has 1 N–H and O–H groups in total. The fourth-order valence-electron chi connectivity index (χ4n) is 2.77. The van der Waals surface area contributed by atoms with Gasteiger partial charge in [-0.1, -0.05) is 6.07 Å². The topological polar surface area (TPSA) is 53.4 Å². The first kappa shape index (κ1) is 13.0. The van der Waals surface area contributed by atoms with Gasteiger partial charge in [0.05, 0.1) is 0 Å². The SMILES string of the molecule is CC1(C)C(CC(=O)O)CCN1Cc1cccnc1. The van der Waals surface area contributed by atoms with Crippen LogP contribution in [0.3, 0.4) is 0 Å². The summed E-state index contributed by atoms with van der Waals surface area (Å²) in [5.74, 6) is -0.469. The van der Waals surface area contributed by atoms with Crippen molar-refractivity contribution in [2.75, 3.05) is 6.54 Å². The van der Waals surface area contributed by atoms with E-state index >= 15 is 0 Å². The zero-order chi connectivity index (χ0) is 13.2. The fourth-order valence-corrected chi connectivity index (χ4v) is 2.77. The molecule has 1 atom stereocenters. The maximum Gasteiger partial charge on any atom is 0.303 e. The Morgan fingerprint density at radius 2 is 2.39 bits per heavy atom. The Hall–Kier alpha value is -1.42. The number of rotatable bonds is 4. The van der Waals surface area contributed by atoms with Gasteiger partial charge in [0, 0.05) is 30.9 Å². The molecule has 0 spiro atoms. The highest BCUT2D eigenvalue weighted by molar-refractivity contribution is 5.67. The highest BCUT2D eigenvalue weighted by Crippen LogP contribution is 2.37. The van der Waals surface area contributed by atoms with Crippen molar-refractivity contribution in [2.24, 2.45) is 5.92 Å². The van der Waals surface area contributed by atoms with Crippen LogP contribution in [0.15, 0.2) is 24.5 Å². The van der Waals surface area contributed by atoms with Crippen LogP contribution < -0.4 is 0 Å². The van der Waals surface area contributed by atoms with E-state index in [1.807, 2.05) is 12.3 Å². The van der Waals surface area contributed by atoms with E-state index in [2.05, 4.69) is 29.8 Å². The minimum atomic E-state index is -0.698. The highest BCUT2D eigenvalue weighted by atomic mass is 16.4. The number of nitrogens with zero attached hydrogens (tertiary/aromatic N) is 2. The predicted molar refractivity (Wildman–Crippen MR) is 69.1 cm³/mol. The molecular formula is C14H20N2O2. The minimum absolute atomic E-state index is 0.0613. The van der Waals surface area contributed by atoms with Gasteiger partial charge in [-0.3, -0.25) is 14.7 Å². The van der Waals surface area contributed by atoms with Crippen molar-refractivity contribution in [2.45, 2.75) is 38.8 Å². The van der Waals surface area contributed by atoms with Crippen molar-refractivity contribution in [1.82, 2.24) is 9.88 Å². The first-order chi connectivity index (χ1) is 8.50. The van der Waals surface area contributed by atoms with Crippen LogP contribution in [-0.2, 0) is 11.3 Å². The number of carbonyl (C=O) groups is 1. The molecule has 1 fully saturated rings. The summed E-state index contributed by atoms with van der Waals surface area (Å²) in [6, 6.07) is 4.00. The van der Waals surface area contributed by atoms with Gasteiger partial charge >= 0.3 is 5.97 Å². The number of likely N-dealkylation sites (tertiary alicyclic amines) is 1. The van der Waals surface area contributed by atoms with Gasteiger partial charge in [0.1, 0.15) is 0 Å². The molecule has 1 saturated heterocycles. The van der Waals surface area contributed by atoms with E-state index < -0.39 is 5.97 Å². The molecule has 1 aliphatic rings. The first-order valence-corrected chi connectivity index (χ1v) is 6.36. The lowest BCUT2D eigenvalue weighted by Gasteiger charge is -2.35. The Bertz CT molecular complexity index is 417. The molecule has 98 valence electrons. The molecule has 0 amide bonds. The summed E-state index contributed by atoms with van der Waals surface area (Å²) >= 11 is 0. The molecule has 4 nitrogen and oxygen atoms in total.